The van der Waals surface area contributed by atoms with E-state index in [1.54, 1.807) is 0 Å². The molecular formula is C9H16N2O3. The Morgan fingerprint density at radius 3 is 2.57 bits per heavy atom. The Morgan fingerprint density at radius 2 is 2.14 bits per heavy atom. The summed E-state index contributed by atoms with van der Waals surface area (Å²) < 4.78 is 0. The van der Waals surface area contributed by atoms with Gasteiger partial charge in [0.1, 0.15) is 6.04 Å². The summed E-state index contributed by atoms with van der Waals surface area (Å²) in [6.07, 6.45) is 2.79. The van der Waals surface area contributed by atoms with Gasteiger partial charge >= 0.3 is 5.97 Å². The zero-order chi connectivity index (χ0) is 10.6. The molecule has 5 nitrogen and oxygen atoms in total. The first kappa shape index (κ1) is 11.0. The lowest BCUT2D eigenvalue weighted by Crippen LogP contribution is -2.41. The van der Waals surface area contributed by atoms with Crippen LogP contribution in [0.2, 0.25) is 0 Å². The second-order valence-electron chi connectivity index (χ2n) is 3.60. The fraction of sp³-hybridized carbons (Fsp3) is 0.778. The van der Waals surface area contributed by atoms with Crippen LogP contribution in [0.4, 0.5) is 0 Å². The van der Waals surface area contributed by atoms with Gasteiger partial charge in [0.15, 0.2) is 0 Å². The Kier molecular flexibility index (Phi) is 3.88. The number of rotatable bonds is 6. The summed E-state index contributed by atoms with van der Waals surface area (Å²) >= 11 is 0. The minimum absolute atomic E-state index is 0.0507. The predicted molar refractivity (Wildman–Crippen MR) is 50.6 cm³/mol. The van der Waals surface area contributed by atoms with Gasteiger partial charge in [0, 0.05) is 5.92 Å². The molecule has 0 spiro atoms. The maximum atomic E-state index is 11.3. The first-order valence-corrected chi connectivity index (χ1v) is 4.88. The zero-order valence-corrected chi connectivity index (χ0v) is 8.03. The highest BCUT2D eigenvalue weighted by Gasteiger charge is 2.32. The highest BCUT2D eigenvalue weighted by molar-refractivity contribution is 5.86. The third-order valence-electron chi connectivity index (χ3n) is 2.26. The Balaban J connectivity index is 2.33. The summed E-state index contributed by atoms with van der Waals surface area (Å²) in [5.74, 6) is -1.06. The minimum Gasteiger partial charge on any atom is -0.480 e. The van der Waals surface area contributed by atoms with Gasteiger partial charge in [-0.25, -0.2) is 4.79 Å². The van der Waals surface area contributed by atoms with Crippen LogP contribution in [-0.4, -0.2) is 29.6 Å². The third kappa shape index (κ3) is 3.33. The number of aliphatic carboxylic acids is 1. The Hall–Kier alpha value is -1.10. The van der Waals surface area contributed by atoms with E-state index in [1.165, 1.54) is 0 Å². The van der Waals surface area contributed by atoms with Gasteiger partial charge in [0.25, 0.3) is 0 Å². The zero-order valence-electron chi connectivity index (χ0n) is 8.03. The molecule has 1 aliphatic carbocycles. The molecule has 0 saturated heterocycles. The van der Waals surface area contributed by atoms with E-state index in [4.69, 9.17) is 10.8 Å². The van der Waals surface area contributed by atoms with E-state index >= 15 is 0 Å². The summed E-state index contributed by atoms with van der Waals surface area (Å²) in [5, 5.41) is 11.3. The molecule has 1 aliphatic rings. The summed E-state index contributed by atoms with van der Waals surface area (Å²) in [4.78, 5) is 22.0. The van der Waals surface area contributed by atoms with Gasteiger partial charge in [-0.1, -0.05) is 0 Å². The first-order valence-electron chi connectivity index (χ1n) is 4.88. The molecule has 0 aromatic rings. The van der Waals surface area contributed by atoms with Crippen LogP contribution in [0.25, 0.3) is 0 Å². The van der Waals surface area contributed by atoms with Crippen molar-refractivity contribution in [1.29, 1.82) is 0 Å². The molecule has 1 rings (SSSR count). The molecule has 0 radical (unpaired) electrons. The van der Waals surface area contributed by atoms with Crippen LogP contribution in [0.3, 0.4) is 0 Å². The van der Waals surface area contributed by atoms with Gasteiger partial charge in [-0.3, -0.25) is 4.79 Å². The van der Waals surface area contributed by atoms with Gasteiger partial charge in [-0.05, 0) is 32.2 Å². The SMILES string of the molecule is NCCCC(NC(=O)C1CC1)C(=O)O. The number of amides is 1. The van der Waals surface area contributed by atoms with E-state index in [9.17, 15) is 9.59 Å². The summed E-state index contributed by atoms with van der Waals surface area (Å²) in [5.41, 5.74) is 5.27. The van der Waals surface area contributed by atoms with Crippen LogP contribution in [-0.2, 0) is 9.59 Å². The lowest BCUT2D eigenvalue weighted by molar-refractivity contribution is -0.142. The number of carbonyl (C=O) groups excluding carboxylic acids is 1. The van der Waals surface area contributed by atoms with Gasteiger partial charge in [-0.2, -0.15) is 0 Å². The number of nitrogens with two attached hydrogens (primary N) is 1. The van der Waals surface area contributed by atoms with Crippen LogP contribution in [0.15, 0.2) is 0 Å². The maximum absolute atomic E-state index is 11.3. The third-order valence-corrected chi connectivity index (χ3v) is 2.26. The van der Waals surface area contributed by atoms with E-state index in [0.29, 0.717) is 19.4 Å². The highest BCUT2D eigenvalue weighted by atomic mass is 16.4. The van der Waals surface area contributed by atoms with Crippen molar-refractivity contribution in [3.05, 3.63) is 0 Å². The normalized spacial score (nSPS) is 17.5. The van der Waals surface area contributed by atoms with Gasteiger partial charge in [0.2, 0.25) is 5.91 Å². The van der Waals surface area contributed by atoms with Crippen molar-refractivity contribution >= 4 is 11.9 Å². The molecule has 80 valence electrons. The van der Waals surface area contributed by atoms with E-state index in [1.807, 2.05) is 0 Å². The molecule has 0 aromatic heterocycles. The van der Waals surface area contributed by atoms with Crippen molar-refractivity contribution < 1.29 is 14.7 Å². The predicted octanol–water partition coefficient (Wildman–Crippen LogP) is -0.295. The smallest absolute Gasteiger partial charge is 0.326 e. The van der Waals surface area contributed by atoms with Crippen LogP contribution in [0.1, 0.15) is 25.7 Å². The Bertz CT molecular complexity index is 226. The molecule has 1 atom stereocenters. The Morgan fingerprint density at radius 1 is 1.50 bits per heavy atom. The van der Waals surface area contributed by atoms with Crippen LogP contribution < -0.4 is 11.1 Å². The van der Waals surface area contributed by atoms with Crippen molar-refractivity contribution in [3.63, 3.8) is 0 Å². The molecule has 0 aromatic carbocycles. The molecule has 0 bridgehead atoms. The van der Waals surface area contributed by atoms with Crippen molar-refractivity contribution in [2.24, 2.45) is 11.7 Å². The van der Waals surface area contributed by atoms with E-state index in [0.717, 1.165) is 12.8 Å². The molecule has 0 heterocycles. The number of hydrogen-bond donors (Lipinski definition) is 3. The summed E-state index contributed by atoms with van der Waals surface area (Å²) in [7, 11) is 0. The average Bonchev–Trinajstić information content (AvgIpc) is 2.94. The van der Waals surface area contributed by atoms with E-state index in [2.05, 4.69) is 5.32 Å². The molecule has 0 aliphatic heterocycles. The lowest BCUT2D eigenvalue weighted by Gasteiger charge is -2.13. The molecule has 5 heteroatoms. The molecule has 4 N–H and O–H groups in total. The highest BCUT2D eigenvalue weighted by Crippen LogP contribution is 2.28. The molecule has 1 fully saturated rings. The molecule has 14 heavy (non-hydrogen) atoms. The number of carboxylic acid groups (broad SMARTS) is 1. The number of carboxylic acids is 1. The van der Waals surface area contributed by atoms with Crippen LogP contribution in [0.5, 0.6) is 0 Å². The second kappa shape index (κ2) is 4.95. The van der Waals surface area contributed by atoms with Gasteiger partial charge in [0.05, 0.1) is 0 Å². The van der Waals surface area contributed by atoms with Crippen molar-refractivity contribution in [3.8, 4) is 0 Å². The average molecular weight is 200 g/mol. The second-order valence-corrected chi connectivity index (χ2v) is 3.60. The molecule has 1 amide bonds. The summed E-state index contributed by atoms with van der Waals surface area (Å²) in [6, 6.07) is -0.772. The van der Waals surface area contributed by atoms with E-state index < -0.39 is 12.0 Å². The molecular weight excluding hydrogens is 184 g/mol. The van der Waals surface area contributed by atoms with Gasteiger partial charge in [-0.15, -0.1) is 0 Å². The Labute approximate surface area is 82.7 Å². The first-order chi connectivity index (χ1) is 6.65. The minimum atomic E-state index is -0.979. The van der Waals surface area contributed by atoms with Crippen molar-refractivity contribution in [2.45, 2.75) is 31.7 Å². The van der Waals surface area contributed by atoms with Crippen LogP contribution >= 0.6 is 0 Å². The monoisotopic (exact) mass is 200 g/mol. The quantitative estimate of drug-likeness (QED) is 0.549. The number of carbonyl (C=O) groups is 2. The fourth-order valence-corrected chi connectivity index (χ4v) is 1.21. The number of nitrogens with one attached hydrogen (secondary N) is 1. The van der Waals surface area contributed by atoms with Crippen molar-refractivity contribution in [2.75, 3.05) is 6.54 Å². The topological polar surface area (TPSA) is 92.4 Å². The molecule has 1 unspecified atom stereocenters. The maximum Gasteiger partial charge on any atom is 0.326 e. The van der Waals surface area contributed by atoms with Crippen molar-refractivity contribution in [1.82, 2.24) is 5.32 Å². The largest absolute Gasteiger partial charge is 0.480 e. The summed E-state index contributed by atoms with van der Waals surface area (Å²) in [6.45, 7) is 0.447. The van der Waals surface area contributed by atoms with E-state index in [-0.39, 0.29) is 11.8 Å². The van der Waals surface area contributed by atoms with Gasteiger partial charge < -0.3 is 16.2 Å². The standard InChI is InChI=1S/C9H16N2O3/c10-5-1-2-7(9(13)14)11-8(12)6-3-4-6/h6-7H,1-5,10H2,(H,11,12)(H,13,14). The lowest BCUT2D eigenvalue weighted by atomic mass is 10.1. The number of hydrogen-bond acceptors (Lipinski definition) is 3. The molecule has 1 saturated carbocycles. The fourth-order valence-electron chi connectivity index (χ4n) is 1.21. The van der Waals surface area contributed by atoms with Crippen LogP contribution in [0, 0.1) is 5.92 Å².